The van der Waals surface area contributed by atoms with Gasteiger partial charge in [-0.25, -0.2) is 9.79 Å². The van der Waals surface area contributed by atoms with Crippen LogP contribution in [0.2, 0.25) is 0 Å². The molecule has 0 amide bonds. The fourth-order valence-electron chi connectivity index (χ4n) is 3.59. The van der Waals surface area contributed by atoms with Gasteiger partial charge in [0.05, 0.1) is 16.0 Å². The second-order valence-electron chi connectivity index (χ2n) is 7.72. The minimum atomic E-state index is -0.653. The van der Waals surface area contributed by atoms with Gasteiger partial charge >= 0.3 is 5.97 Å². The fraction of sp³-hybridized carbons (Fsp3) is 0.154. The van der Waals surface area contributed by atoms with Crippen LogP contribution in [0, 0.1) is 17.0 Å². The molecule has 0 atom stereocenters. The van der Waals surface area contributed by atoms with Gasteiger partial charge in [-0.2, -0.15) is 0 Å². The summed E-state index contributed by atoms with van der Waals surface area (Å²) >= 11 is 7.00. The highest BCUT2D eigenvalue weighted by Crippen LogP contribution is 2.38. The topological polar surface area (TPSA) is 100 Å². The standard InChI is InChI=1S/C26H20Br2N2O6/c1-3-34-23-13-17(11-20(28)24(23)35-14-16-6-4-7-18(27)10-16)12-21-26(31)36-25(29-21)19-8-5-9-22(15(19)2)30(32)33/h4-13H,3,14H2,1-2H3/b21-12-. The van der Waals surface area contributed by atoms with Crippen molar-refractivity contribution in [2.75, 3.05) is 6.61 Å². The number of nitro groups is 1. The molecule has 0 saturated carbocycles. The lowest BCUT2D eigenvalue weighted by atomic mass is 10.1. The number of ether oxygens (including phenoxy) is 3. The van der Waals surface area contributed by atoms with Crippen LogP contribution in [0.25, 0.3) is 6.08 Å². The molecule has 1 heterocycles. The number of aliphatic imine (C=N–C) groups is 1. The number of esters is 1. The van der Waals surface area contributed by atoms with Crippen LogP contribution in [-0.2, 0) is 16.1 Å². The minimum absolute atomic E-state index is 0.0190. The Bertz CT molecular complexity index is 1420. The Morgan fingerprint density at radius 3 is 2.61 bits per heavy atom. The lowest BCUT2D eigenvalue weighted by Crippen LogP contribution is -2.08. The first-order valence-corrected chi connectivity index (χ1v) is 12.5. The normalized spacial score (nSPS) is 13.9. The zero-order valence-electron chi connectivity index (χ0n) is 19.3. The molecule has 8 nitrogen and oxygen atoms in total. The molecule has 0 fully saturated rings. The summed E-state index contributed by atoms with van der Waals surface area (Å²) in [6.07, 6.45) is 1.56. The SMILES string of the molecule is CCOc1cc(/C=C2\N=C(c3cccc([N+](=O)[O-])c3C)OC2=O)cc(Br)c1OCc1cccc(Br)c1. The minimum Gasteiger partial charge on any atom is -0.490 e. The van der Waals surface area contributed by atoms with Gasteiger partial charge in [-0.05, 0) is 77.3 Å². The number of carbonyl (C=O) groups excluding carboxylic acids is 1. The van der Waals surface area contributed by atoms with Gasteiger partial charge in [0.15, 0.2) is 17.2 Å². The molecule has 1 aliphatic rings. The highest BCUT2D eigenvalue weighted by Gasteiger charge is 2.27. The molecule has 1 aliphatic heterocycles. The number of nitrogens with zero attached hydrogens (tertiary/aromatic N) is 2. The molecule has 0 bridgehead atoms. The second-order valence-corrected chi connectivity index (χ2v) is 9.49. The van der Waals surface area contributed by atoms with Crippen LogP contribution < -0.4 is 9.47 Å². The van der Waals surface area contributed by atoms with Crippen LogP contribution in [0.3, 0.4) is 0 Å². The largest absolute Gasteiger partial charge is 0.490 e. The first-order valence-electron chi connectivity index (χ1n) is 10.9. The van der Waals surface area contributed by atoms with E-state index in [1.54, 1.807) is 31.2 Å². The van der Waals surface area contributed by atoms with Gasteiger partial charge in [0.1, 0.15) is 6.61 Å². The summed E-state index contributed by atoms with van der Waals surface area (Å²) in [5, 5.41) is 11.3. The van der Waals surface area contributed by atoms with E-state index in [4.69, 9.17) is 14.2 Å². The van der Waals surface area contributed by atoms with Crippen molar-refractivity contribution < 1.29 is 23.9 Å². The predicted molar refractivity (Wildman–Crippen MR) is 142 cm³/mol. The van der Waals surface area contributed by atoms with E-state index < -0.39 is 10.9 Å². The second kappa shape index (κ2) is 11.0. The van der Waals surface area contributed by atoms with Gasteiger partial charge in [0.25, 0.3) is 5.69 Å². The van der Waals surface area contributed by atoms with Crippen molar-refractivity contribution in [3.8, 4) is 11.5 Å². The zero-order chi connectivity index (χ0) is 25.8. The molecule has 0 unspecified atom stereocenters. The molecule has 0 N–H and O–H groups in total. The number of carbonyl (C=O) groups is 1. The van der Waals surface area contributed by atoms with E-state index in [9.17, 15) is 14.9 Å². The summed E-state index contributed by atoms with van der Waals surface area (Å²) in [6.45, 7) is 4.20. The lowest BCUT2D eigenvalue weighted by Gasteiger charge is -2.15. The van der Waals surface area contributed by atoms with Crippen molar-refractivity contribution in [2.24, 2.45) is 4.99 Å². The van der Waals surface area contributed by atoms with Gasteiger partial charge in [0, 0.05) is 21.7 Å². The van der Waals surface area contributed by atoms with Gasteiger partial charge in [0.2, 0.25) is 5.90 Å². The number of hydrogen-bond donors (Lipinski definition) is 0. The molecule has 4 rings (SSSR count). The third kappa shape index (κ3) is 5.66. The molecule has 0 radical (unpaired) electrons. The first kappa shape index (κ1) is 25.6. The number of cyclic esters (lactones) is 1. The molecule has 0 aliphatic carbocycles. The van der Waals surface area contributed by atoms with Crippen LogP contribution in [0.1, 0.15) is 29.2 Å². The summed E-state index contributed by atoms with van der Waals surface area (Å²) in [5.74, 6) is 0.397. The third-order valence-electron chi connectivity index (χ3n) is 5.26. The number of halogens is 2. The average molecular weight is 616 g/mol. The van der Waals surface area contributed by atoms with Crippen molar-refractivity contribution in [3.05, 3.63) is 102 Å². The van der Waals surface area contributed by atoms with Gasteiger partial charge in [-0.15, -0.1) is 0 Å². The van der Waals surface area contributed by atoms with Crippen LogP contribution in [0.15, 0.2) is 74.2 Å². The smallest absolute Gasteiger partial charge is 0.363 e. The van der Waals surface area contributed by atoms with Gasteiger partial charge in [-0.1, -0.05) is 34.1 Å². The van der Waals surface area contributed by atoms with E-state index >= 15 is 0 Å². The molecule has 3 aromatic rings. The van der Waals surface area contributed by atoms with E-state index in [2.05, 4.69) is 36.9 Å². The Labute approximate surface area is 224 Å². The van der Waals surface area contributed by atoms with Crippen LogP contribution in [0.4, 0.5) is 5.69 Å². The molecule has 3 aromatic carbocycles. The molecular weight excluding hydrogens is 596 g/mol. The molecule has 0 spiro atoms. The number of rotatable bonds is 8. The van der Waals surface area contributed by atoms with Crippen molar-refractivity contribution >= 4 is 55.5 Å². The van der Waals surface area contributed by atoms with Crippen LogP contribution in [-0.4, -0.2) is 23.4 Å². The Balaban J connectivity index is 1.64. The quantitative estimate of drug-likeness (QED) is 0.120. The van der Waals surface area contributed by atoms with Gasteiger partial charge < -0.3 is 14.2 Å². The van der Waals surface area contributed by atoms with Crippen molar-refractivity contribution in [2.45, 2.75) is 20.5 Å². The summed E-state index contributed by atoms with van der Waals surface area (Å²) in [7, 11) is 0. The summed E-state index contributed by atoms with van der Waals surface area (Å²) < 4.78 is 18.8. The Morgan fingerprint density at radius 2 is 1.89 bits per heavy atom. The summed E-state index contributed by atoms with van der Waals surface area (Å²) in [6, 6.07) is 15.9. The Morgan fingerprint density at radius 1 is 1.11 bits per heavy atom. The number of hydrogen-bond acceptors (Lipinski definition) is 7. The van der Waals surface area contributed by atoms with E-state index in [1.807, 2.05) is 31.2 Å². The van der Waals surface area contributed by atoms with Crippen LogP contribution >= 0.6 is 31.9 Å². The van der Waals surface area contributed by atoms with Crippen molar-refractivity contribution in [1.82, 2.24) is 0 Å². The molecular formula is C26H20Br2N2O6. The fourth-order valence-corrected chi connectivity index (χ4v) is 4.61. The summed E-state index contributed by atoms with van der Waals surface area (Å²) in [4.78, 5) is 27.6. The highest BCUT2D eigenvalue weighted by atomic mass is 79.9. The third-order valence-corrected chi connectivity index (χ3v) is 6.34. The lowest BCUT2D eigenvalue weighted by molar-refractivity contribution is -0.385. The molecule has 0 aromatic heterocycles. The maximum absolute atomic E-state index is 12.5. The highest BCUT2D eigenvalue weighted by molar-refractivity contribution is 9.10. The number of benzene rings is 3. The zero-order valence-corrected chi connectivity index (χ0v) is 22.5. The monoisotopic (exact) mass is 614 g/mol. The van der Waals surface area contributed by atoms with Gasteiger partial charge in [-0.3, -0.25) is 10.1 Å². The molecule has 184 valence electrons. The maximum atomic E-state index is 12.5. The Hall–Kier alpha value is -3.50. The van der Waals surface area contributed by atoms with E-state index in [0.29, 0.717) is 45.9 Å². The number of nitro benzene ring substituents is 1. The average Bonchev–Trinajstić information content (AvgIpc) is 3.18. The van der Waals surface area contributed by atoms with Crippen molar-refractivity contribution in [1.29, 1.82) is 0 Å². The molecule has 0 saturated heterocycles. The summed E-state index contributed by atoms with van der Waals surface area (Å²) in [5.41, 5.74) is 2.35. The predicted octanol–water partition coefficient (Wildman–Crippen LogP) is 6.75. The first-order chi connectivity index (χ1) is 17.3. The molecule has 10 heteroatoms. The van der Waals surface area contributed by atoms with Crippen LogP contribution in [0.5, 0.6) is 11.5 Å². The molecule has 36 heavy (non-hydrogen) atoms. The van der Waals surface area contributed by atoms with E-state index in [1.165, 1.54) is 12.1 Å². The Kier molecular flexibility index (Phi) is 7.85. The van der Waals surface area contributed by atoms with E-state index in [0.717, 1.165) is 10.0 Å². The van der Waals surface area contributed by atoms with Crippen molar-refractivity contribution in [3.63, 3.8) is 0 Å². The van der Waals surface area contributed by atoms with E-state index in [-0.39, 0.29) is 17.3 Å². The maximum Gasteiger partial charge on any atom is 0.363 e.